The fourth-order valence-electron chi connectivity index (χ4n) is 1.90. The number of hydrogen-bond donors (Lipinski definition) is 0. The highest BCUT2D eigenvalue weighted by molar-refractivity contribution is 9.10. The molecule has 1 unspecified atom stereocenters. The van der Waals surface area contributed by atoms with Gasteiger partial charge in [-0.1, -0.05) is 0 Å². The Hall–Kier alpha value is -0.330. The van der Waals surface area contributed by atoms with Crippen LogP contribution >= 0.6 is 39.5 Å². The summed E-state index contributed by atoms with van der Waals surface area (Å²) in [6.45, 7) is 0. The van der Waals surface area contributed by atoms with Crippen LogP contribution in [0.4, 0.5) is 0 Å². The topological polar surface area (TPSA) is 35.5 Å². The van der Waals surface area contributed by atoms with Crippen LogP contribution in [0.5, 0.6) is 11.5 Å². The van der Waals surface area contributed by atoms with Crippen molar-refractivity contribution in [1.29, 1.82) is 0 Å². The first-order valence-corrected chi connectivity index (χ1v) is 8.82. The summed E-state index contributed by atoms with van der Waals surface area (Å²) in [4.78, 5) is 12.6. The monoisotopic (exact) mass is 362 g/mol. The van der Waals surface area contributed by atoms with Gasteiger partial charge in [0, 0.05) is 17.3 Å². The molecule has 0 radical (unpaired) electrons. The van der Waals surface area contributed by atoms with Crippen molar-refractivity contribution in [2.75, 3.05) is 31.5 Å². The van der Waals surface area contributed by atoms with Gasteiger partial charge in [0.25, 0.3) is 0 Å². The highest BCUT2D eigenvalue weighted by Gasteiger charge is 2.27. The van der Waals surface area contributed by atoms with Crippen molar-refractivity contribution in [3.63, 3.8) is 0 Å². The van der Waals surface area contributed by atoms with E-state index < -0.39 is 0 Å². The molecule has 3 nitrogen and oxygen atoms in total. The molecule has 1 aromatic carbocycles. The summed E-state index contributed by atoms with van der Waals surface area (Å²) < 4.78 is 11.3. The predicted octanol–water partition coefficient (Wildman–Crippen LogP) is 3.50. The maximum absolute atomic E-state index is 12.6. The van der Waals surface area contributed by atoms with Crippen molar-refractivity contribution in [1.82, 2.24) is 0 Å². The summed E-state index contributed by atoms with van der Waals surface area (Å²) >= 11 is 6.99. The summed E-state index contributed by atoms with van der Waals surface area (Å²) in [6.07, 6.45) is 0. The van der Waals surface area contributed by atoms with Gasteiger partial charge in [0.1, 0.15) is 16.0 Å². The minimum Gasteiger partial charge on any atom is -0.495 e. The molecule has 0 amide bonds. The molecule has 19 heavy (non-hydrogen) atoms. The number of methoxy groups -OCH3 is 2. The second-order valence-electron chi connectivity index (χ2n) is 3.96. The molecular weight excluding hydrogens is 348 g/mol. The number of ether oxygens (including phenoxy) is 2. The van der Waals surface area contributed by atoms with Crippen molar-refractivity contribution in [3.05, 3.63) is 22.2 Å². The highest BCUT2D eigenvalue weighted by atomic mass is 79.9. The number of benzene rings is 1. The summed E-state index contributed by atoms with van der Waals surface area (Å²) in [7, 11) is 3.16. The number of halogens is 1. The molecule has 104 valence electrons. The maximum atomic E-state index is 12.6. The maximum Gasteiger partial charge on any atom is 0.180 e. The molecule has 1 aliphatic rings. The van der Waals surface area contributed by atoms with Crippen LogP contribution in [0.1, 0.15) is 10.4 Å². The fourth-order valence-corrected chi connectivity index (χ4v) is 5.20. The molecule has 1 heterocycles. The number of hydrogen-bond acceptors (Lipinski definition) is 5. The van der Waals surface area contributed by atoms with Crippen molar-refractivity contribution >= 4 is 45.2 Å². The molecule has 0 aromatic heterocycles. The fraction of sp³-hybridized carbons (Fsp3) is 0.462. The molecule has 1 saturated heterocycles. The van der Waals surface area contributed by atoms with Crippen LogP contribution < -0.4 is 9.47 Å². The van der Waals surface area contributed by atoms with Crippen LogP contribution in [0.3, 0.4) is 0 Å². The first-order chi connectivity index (χ1) is 9.19. The zero-order valence-electron chi connectivity index (χ0n) is 10.8. The SMILES string of the molecule is COc1ccc(C(=O)C2CSCCS2)c(OC)c1Br. The Kier molecular flexibility index (Phi) is 5.47. The molecule has 6 heteroatoms. The lowest BCUT2D eigenvalue weighted by atomic mass is 10.1. The molecule has 0 spiro atoms. The Labute approximate surface area is 129 Å². The third kappa shape index (κ3) is 3.23. The highest BCUT2D eigenvalue weighted by Crippen LogP contribution is 2.39. The number of carbonyl (C=O) groups excluding carboxylic acids is 1. The van der Waals surface area contributed by atoms with E-state index >= 15 is 0 Å². The number of thioether (sulfide) groups is 2. The summed E-state index contributed by atoms with van der Waals surface area (Å²) in [5, 5.41) is 0.0212. The van der Waals surface area contributed by atoms with Gasteiger partial charge in [-0.05, 0) is 28.1 Å². The van der Waals surface area contributed by atoms with Gasteiger partial charge >= 0.3 is 0 Å². The Morgan fingerprint density at radius 2 is 2.11 bits per heavy atom. The smallest absolute Gasteiger partial charge is 0.180 e. The van der Waals surface area contributed by atoms with E-state index in [4.69, 9.17) is 9.47 Å². The van der Waals surface area contributed by atoms with Crippen LogP contribution in [0.2, 0.25) is 0 Å². The van der Waals surface area contributed by atoms with E-state index in [1.54, 1.807) is 38.1 Å². The minimum absolute atomic E-state index is 0.0212. The van der Waals surface area contributed by atoms with Gasteiger partial charge in [0.2, 0.25) is 0 Å². The molecule has 1 fully saturated rings. The van der Waals surface area contributed by atoms with Crippen molar-refractivity contribution in [2.45, 2.75) is 5.25 Å². The molecule has 1 aliphatic heterocycles. The van der Waals surface area contributed by atoms with Crippen LogP contribution in [-0.4, -0.2) is 42.5 Å². The molecule has 1 aromatic rings. The summed E-state index contributed by atoms with van der Waals surface area (Å²) in [6, 6.07) is 3.57. The van der Waals surface area contributed by atoms with Gasteiger partial charge in [-0.2, -0.15) is 11.8 Å². The average Bonchev–Trinajstić information content (AvgIpc) is 2.47. The van der Waals surface area contributed by atoms with Gasteiger partial charge in [-0.3, -0.25) is 4.79 Å². The second-order valence-corrected chi connectivity index (χ2v) is 7.21. The van der Waals surface area contributed by atoms with Gasteiger partial charge in [-0.15, -0.1) is 11.8 Å². The number of carbonyl (C=O) groups is 1. The van der Waals surface area contributed by atoms with Crippen LogP contribution in [0.25, 0.3) is 0 Å². The van der Waals surface area contributed by atoms with Gasteiger partial charge in [0.15, 0.2) is 5.78 Å². The average molecular weight is 363 g/mol. The molecular formula is C13H15BrO3S2. The molecule has 0 saturated carbocycles. The van der Waals surface area contributed by atoms with E-state index in [0.717, 1.165) is 17.3 Å². The van der Waals surface area contributed by atoms with Crippen LogP contribution in [0.15, 0.2) is 16.6 Å². The Bertz CT molecular complexity index is 473. The largest absolute Gasteiger partial charge is 0.495 e. The molecule has 0 aliphatic carbocycles. The number of ketones is 1. The minimum atomic E-state index is 0.0212. The molecule has 1 atom stereocenters. The van der Waals surface area contributed by atoms with Crippen molar-refractivity contribution < 1.29 is 14.3 Å². The van der Waals surface area contributed by atoms with E-state index in [2.05, 4.69) is 15.9 Å². The van der Waals surface area contributed by atoms with Crippen LogP contribution in [0, 0.1) is 0 Å². The Balaban J connectivity index is 2.33. The lowest BCUT2D eigenvalue weighted by Crippen LogP contribution is -2.24. The zero-order valence-corrected chi connectivity index (χ0v) is 14.0. The molecule has 2 rings (SSSR count). The standard InChI is InChI=1S/C13H15BrO3S2/c1-16-9-4-3-8(13(17-2)11(9)14)12(15)10-7-18-5-6-19-10/h3-4,10H,5-7H2,1-2H3. The van der Waals surface area contributed by atoms with Crippen molar-refractivity contribution in [3.8, 4) is 11.5 Å². The quantitative estimate of drug-likeness (QED) is 0.766. The van der Waals surface area contributed by atoms with E-state index in [1.165, 1.54) is 0 Å². The van der Waals surface area contributed by atoms with Crippen LogP contribution in [-0.2, 0) is 0 Å². The van der Waals surface area contributed by atoms with Gasteiger partial charge in [0.05, 0.1) is 25.0 Å². The second kappa shape index (κ2) is 6.90. The van der Waals surface area contributed by atoms with Gasteiger partial charge in [-0.25, -0.2) is 0 Å². The van der Waals surface area contributed by atoms with E-state index in [9.17, 15) is 4.79 Å². The van der Waals surface area contributed by atoms with Crippen molar-refractivity contribution in [2.24, 2.45) is 0 Å². The van der Waals surface area contributed by atoms with Gasteiger partial charge < -0.3 is 9.47 Å². The summed E-state index contributed by atoms with van der Waals surface area (Å²) in [5.74, 6) is 4.38. The zero-order chi connectivity index (χ0) is 13.8. The first kappa shape index (κ1) is 15.1. The third-order valence-electron chi connectivity index (χ3n) is 2.86. The molecule has 0 N–H and O–H groups in total. The number of Topliss-reactive ketones (excluding diaryl/α,β-unsaturated/α-hetero) is 1. The Morgan fingerprint density at radius 3 is 2.68 bits per heavy atom. The predicted molar refractivity (Wildman–Crippen MR) is 85.1 cm³/mol. The summed E-state index contributed by atoms with van der Waals surface area (Å²) in [5.41, 5.74) is 0.621. The lowest BCUT2D eigenvalue weighted by Gasteiger charge is -2.21. The first-order valence-electron chi connectivity index (χ1n) is 5.83. The van der Waals surface area contributed by atoms with E-state index in [-0.39, 0.29) is 11.0 Å². The van der Waals surface area contributed by atoms with E-state index in [1.807, 2.05) is 11.8 Å². The normalized spacial score (nSPS) is 19.0. The Morgan fingerprint density at radius 1 is 1.32 bits per heavy atom. The molecule has 0 bridgehead atoms. The lowest BCUT2D eigenvalue weighted by molar-refractivity contribution is 0.0992. The van der Waals surface area contributed by atoms with E-state index in [0.29, 0.717) is 21.5 Å². The number of rotatable bonds is 4. The third-order valence-corrected chi connectivity index (χ3v) is 6.36.